The van der Waals surface area contributed by atoms with Gasteiger partial charge in [0.05, 0.1) is 16.6 Å². The van der Waals surface area contributed by atoms with E-state index in [1.54, 1.807) is 18.3 Å². The number of carbonyl (C=O) groups is 1. The van der Waals surface area contributed by atoms with Crippen LogP contribution in [-0.2, 0) is 15.7 Å². The zero-order chi connectivity index (χ0) is 24.3. The van der Waals surface area contributed by atoms with Crippen LogP contribution in [0.5, 0.6) is 5.88 Å². The monoisotopic (exact) mass is 461 g/mol. The Kier molecular flexibility index (Phi) is 5.24. The molecule has 0 saturated heterocycles. The molecule has 0 aromatic carbocycles. The van der Waals surface area contributed by atoms with Crippen molar-refractivity contribution in [1.82, 2.24) is 15.0 Å². The number of nitrogens with zero attached hydrogens (tertiary/aromatic N) is 3. The summed E-state index contributed by atoms with van der Waals surface area (Å²) in [5.74, 6) is 1.48. The number of nitrogens with one attached hydrogen (secondary N) is 1. The number of ether oxygens (including phenoxy) is 2. The molecule has 3 aromatic rings. The quantitative estimate of drug-likeness (QED) is 0.507. The third kappa shape index (κ3) is 3.86. The molecule has 8 nitrogen and oxygen atoms in total. The lowest BCUT2D eigenvalue weighted by molar-refractivity contribution is 0.00864. The Balaban J connectivity index is 1.55. The topological polar surface area (TPSA) is 112 Å². The van der Waals surface area contributed by atoms with Crippen molar-refractivity contribution in [3.63, 3.8) is 0 Å². The van der Waals surface area contributed by atoms with Gasteiger partial charge in [0.25, 0.3) is 0 Å². The minimum absolute atomic E-state index is 0.229. The molecule has 178 valence electrons. The van der Waals surface area contributed by atoms with Gasteiger partial charge in [-0.15, -0.1) is 0 Å². The SMILES string of the molecule is CC[C@](C)(N)c1cnc(OC2CC2)c2cnc(Nc3ccc4c(n3)C(C)(C)[C@H](C)OC4=O)cc12. The van der Waals surface area contributed by atoms with E-state index >= 15 is 0 Å². The number of aromatic nitrogens is 3. The summed E-state index contributed by atoms with van der Waals surface area (Å²) in [7, 11) is 0. The molecule has 34 heavy (non-hydrogen) atoms. The van der Waals surface area contributed by atoms with E-state index in [1.165, 1.54) is 0 Å². The van der Waals surface area contributed by atoms with Gasteiger partial charge >= 0.3 is 5.97 Å². The third-order valence-electron chi connectivity index (χ3n) is 7.17. The summed E-state index contributed by atoms with van der Waals surface area (Å²) < 4.78 is 11.5. The van der Waals surface area contributed by atoms with Gasteiger partial charge < -0.3 is 20.5 Å². The molecule has 8 heteroatoms. The van der Waals surface area contributed by atoms with Crippen molar-refractivity contribution in [3.05, 3.63) is 47.4 Å². The molecule has 2 aliphatic rings. The highest BCUT2D eigenvalue weighted by Crippen LogP contribution is 2.38. The van der Waals surface area contributed by atoms with E-state index in [0.717, 1.165) is 35.6 Å². The van der Waals surface area contributed by atoms with Gasteiger partial charge in [-0.05, 0) is 62.3 Å². The molecule has 1 aliphatic carbocycles. The Morgan fingerprint density at radius 3 is 2.68 bits per heavy atom. The smallest absolute Gasteiger partial charge is 0.340 e. The minimum atomic E-state index is -0.549. The van der Waals surface area contributed by atoms with Crippen molar-refractivity contribution in [2.75, 3.05) is 5.32 Å². The minimum Gasteiger partial charge on any atom is -0.474 e. The van der Waals surface area contributed by atoms with E-state index in [9.17, 15) is 4.79 Å². The Labute approximate surface area is 199 Å². The number of hydrogen-bond donors (Lipinski definition) is 2. The predicted molar refractivity (Wildman–Crippen MR) is 130 cm³/mol. The lowest BCUT2D eigenvalue weighted by Gasteiger charge is -2.36. The van der Waals surface area contributed by atoms with E-state index < -0.39 is 11.0 Å². The number of cyclic esters (lactones) is 1. The molecule has 0 spiro atoms. The number of carbonyl (C=O) groups excluding carboxylic acids is 1. The fraction of sp³-hybridized carbons (Fsp3) is 0.462. The highest BCUT2D eigenvalue weighted by molar-refractivity contribution is 5.93. The molecule has 0 unspecified atom stereocenters. The van der Waals surface area contributed by atoms with Crippen LogP contribution in [-0.4, -0.2) is 33.1 Å². The normalized spacial score (nSPS) is 20.9. The number of hydrogen-bond acceptors (Lipinski definition) is 8. The summed E-state index contributed by atoms with van der Waals surface area (Å²) in [6, 6.07) is 5.49. The molecule has 5 rings (SSSR count). The molecule has 3 aromatic heterocycles. The lowest BCUT2D eigenvalue weighted by Crippen LogP contribution is -2.42. The van der Waals surface area contributed by atoms with Crippen LogP contribution in [0.1, 0.15) is 75.5 Å². The maximum Gasteiger partial charge on any atom is 0.340 e. The van der Waals surface area contributed by atoms with Gasteiger partial charge in [-0.1, -0.05) is 20.8 Å². The molecular formula is C26H31N5O3. The molecule has 4 heterocycles. The zero-order valence-corrected chi connectivity index (χ0v) is 20.3. The summed E-state index contributed by atoms with van der Waals surface area (Å²) in [4.78, 5) is 26.3. The molecule has 3 N–H and O–H groups in total. The fourth-order valence-corrected chi connectivity index (χ4v) is 4.14. The second kappa shape index (κ2) is 7.91. The zero-order valence-electron chi connectivity index (χ0n) is 20.3. The predicted octanol–water partition coefficient (Wildman–Crippen LogP) is 4.73. The Hall–Kier alpha value is -3.26. The van der Waals surface area contributed by atoms with Crippen LogP contribution in [0, 0.1) is 0 Å². The highest BCUT2D eigenvalue weighted by atomic mass is 16.5. The summed E-state index contributed by atoms with van der Waals surface area (Å²) >= 11 is 0. The summed E-state index contributed by atoms with van der Waals surface area (Å²) in [6.45, 7) is 10.0. The average Bonchev–Trinajstić information content (AvgIpc) is 3.62. The van der Waals surface area contributed by atoms with Crippen LogP contribution in [0.25, 0.3) is 10.8 Å². The third-order valence-corrected chi connectivity index (χ3v) is 7.17. The van der Waals surface area contributed by atoms with Crippen molar-refractivity contribution in [3.8, 4) is 5.88 Å². The van der Waals surface area contributed by atoms with E-state index in [1.807, 2.05) is 40.0 Å². The van der Waals surface area contributed by atoms with Crippen LogP contribution in [0.4, 0.5) is 11.6 Å². The molecular weight excluding hydrogens is 430 g/mol. The van der Waals surface area contributed by atoms with E-state index in [-0.39, 0.29) is 18.2 Å². The van der Waals surface area contributed by atoms with E-state index in [4.69, 9.17) is 20.2 Å². The largest absolute Gasteiger partial charge is 0.474 e. The first kappa shape index (κ1) is 22.5. The number of nitrogens with two attached hydrogens (primary N) is 1. The van der Waals surface area contributed by atoms with E-state index in [0.29, 0.717) is 28.8 Å². The van der Waals surface area contributed by atoms with Gasteiger partial charge in [0, 0.05) is 23.3 Å². The molecule has 0 radical (unpaired) electrons. The van der Waals surface area contributed by atoms with Gasteiger partial charge in [0.2, 0.25) is 5.88 Å². The van der Waals surface area contributed by atoms with Gasteiger partial charge in [0.1, 0.15) is 23.8 Å². The second-order valence-corrected chi connectivity index (χ2v) is 10.2. The first-order valence-corrected chi connectivity index (χ1v) is 11.8. The molecule has 0 amide bonds. The average molecular weight is 462 g/mol. The Bertz CT molecular complexity index is 1280. The fourth-order valence-electron chi connectivity index (χ4n) is 4.14. The summed E-state index contributed by atoms with van der Waals surface area (Å²) in [5, 5.41) is 5.10. The van der Waals surface area contributed by atoms with Crippen molar-refractivity contribution >= 4 is 28.4 Å². The summed E-state index contributed by atoms with van der Waals surface area (Å²) in [5.41, 5.74) is 7.82. The molecule has 1 fully saturated rings. The molecule has 2 atom stereocenters. The van der Waals surface area contributed by atoms with Gasteiger partial charge in [-0.3, -0.25) is 0 Å². The Morgan fingerprint density at radius 1 is 1.21 bits per heavy atom. The van der Waals surface area contributed by atoms with Crippen LogP contribution >= 0.6 is 0 Å². The maximum atomic E-state index is 12.3. The van der Waals surface area contributed by atoms with Gasteiger partial charge in [0.15, 0.2) is 0 Å². The first-order valence-electron chi connectivity index (χ1n) is 11.8. The molecule has 1 aliphatic heterocycles. The maximum absolute atomic E-state index is 12.3. The van der Waals surface area contributed by atoms with Gasteiger partial charge in [-0.25, -0.2) is 19.7 Å². The number of rotatable bonds is 6. The van der Waals surface area contributed by atoms with Crippen molar-refractivity contribution in [1.29, 1.82) is 0 Å². The Morgan fingerprint density at radius 2 is 1.97 bits per heavy atom. The van der Waals surface area contributed by atoms with Crippen molar-refractivity contribution < 1.29 is 14.3 Å². The summed E-state index contributed by atoms with van der Waals surface area (Å²) in [6.07, 6.45) is 6.41. The van der Waals surface area contributed by atoms with Crippen molar-refractivity contribution in [2.45, 2.75) is 77.0 Å². The lowest BCUT2D eigenvalue weighted by atomic mass is 9.79. The first-order chi connectivity index (χ1) is 16.1. The molecule has 0 bridgehead atoms. The highest BCUT2D eigenvalue weighted by Gasteiger charge is 2.41. The van der Waals surface area contributed by atoms with Crippen molar-refractivity contribution in [2.24, 2.45) is 5.73 Å². The molecule has 1 saturated carbocycles. The second-order valence-electron chi connectivity index (χ2n) is 10.2. The van der Waals surface area contributed by atoms with Gasteiger partial charge in [-0.2, -0.15) is 0 Å². The number of anilines is 2. The van der Waals surface area contributed by atoms with Crippen LogP contribution in [0.2, 0.25) is 0 Å². The van der Waals surface area contributed by atoms with E-state index in [2.05, 4.69) is 22.2 Å². The number of fused-ring (bicyclic) bond motifs is 2. The van der Waals surface area contributed by atoms with Crippen LogP contribution < -0.4 is 15.8 Å². The standard InChI is InChI=1S/C26H31N5O3/c1-6-26(5,27)19-13-29-23(34-15-7-8-15)18-12-28-21(11-17(18)19)30-20-10-9-16-22(31-20)25(3,4)14(2)33-24(16)32/h9-15H,6-8,27H2,1-5H3,(H,28,30,31)/t14-,26-/m0/s1. The number of pyridine rings is 3. The number of esters is 1. The van der Waals surface area contributed by atoms with Crippen LogP contribution in [0.3, 0.4) is 0 Å². The van der Waals surface area contributed by atoms with Crippen LogP contribution in [0.15, 0.2) is 30.6 Å².